The van der Waals surface area contributed by atoms with Crippen LogP contribution in [0.4, 0.5) is 11.4 Å². The van der Waals surface area contributed by atoms with Gasteiger partial charge in [0.25, 0.3) is 11.8 Å². The van der Waals surface area contributed by atoms with Crippen molar-refractivity contribution in [2.24, 2.45) is 0 Å². The van der Waals surface area contributed by atoms with Gasteiger partial charge in [0.15, 0.2) is 0 Å². The number of carbonyl (C=O) groups is 2. The Balaban J connectivity index is 1.76. The highest BCUT2D eigenvalue weighted by Gasteiger charge is 2.15. The quantitative estimate of drug-likeness (QED) is 0.479. The van der Waals surface area contributed by atoms with Gasteiger partial charge in [-0.3, -0.25) is 9.59 Å². The second kappa shape index (κ2) is 9.89. The van der Waals surface area contributed by atoms with Crippen LogP contribution in [0.3, 0.4) is 0 Å². The Hall–Kier alpha value is -3.12. The van der Waals surface area contributed by atoms with E-state index in [1.54, 1.807) is 36.4 Å². The zero-order chi connectivity index (χ0) is 20.6. The molecule has 0 spiro atoms. The number of nitrogens with one attached hydrogen (secondary N) is 2. The molecule has 0 saturated carbocycles. The Kier molecular flexibility index (Phi) is 7.03. The van der Waals surface area contributed by atoms with Crippen LogP contribution in [0.15, 0.2) is 77.3 Å². The maximum absolute atomic E-state index is 12.8. The third-order valence-corrected chi connectivity index (χ3v) is 4.56. The third-order valence-electron chi connectivity index (χ3n) is 4.06. The molecule has 0 saturated heterocycles. The number of amides is 2. The van der Waals surface area contributed by atoms with Crippen LogP contribution in [-0.4, -0.2) is 18.4 Å². The summed E-state index contributed by atoms with van der Waals surface area (Å²) in [6, 6.07) is 21.3. The lowest BCUT2D eigenvalue weighted by atomic mass is 10.1. The first-order valence-corrected chi connectivity index (χ1v) is 10.1. The van der Waals surface area contributed by atoms with E-state index in [2.05, 4.69) is 26.6 Å². The molecule has 2 amide bonds. The van der Waals surface area contributed by atoms with Gasteiger partial charge < -0.3 is 15.4 Å². The fourth-order valence-corrected chi connectivity index (χ4v) is 3.04. The van der Waals surface area contributed by atoms with E-state index in [1.807, 2.05) is 43.3 Å². The smallest absolute Gasteiger partial charge is 0.259 e. The van der Waals surface area contributed by atoms with Crippen LogP contribution >= 0.6 is 15.9 Å². The summed E-state index contributed by atoms with van der Waals surface area (Å²) in [6.45, 7) is 2.53. The highest BCUT2D eigenvalue weighted by molar-refractivity contribution is 9.10. The predicted molar refractivity (Wildman–Crippen MR) is 119 cm³/mol. The van der Waals surface area contributed by atoms with Crippen LogP contribution in [0.25, 0.3) is 0 Å². The largest absolute Gasteiger partial charge is 0.493 e. The molecule has 5 nitrogen and oxygen atoms in total. The maximum Gasteiger partial charge on any atom is 0.259 e. The van der Waals surface area contributed by atoms with E-state index in [4.69, 9.17) is 4.74 Å². The van der Waals surface area contributed by atoms with Gasteiger partial charge in [-0.05, 0) is 55.0 Å². The van der Waals surface area contributed by atoms with Gasteiger partial charge in [0.05, 0.1) is 12.2 Å². The fraction of sp³-hybridized carbons (Fsp3) is 0.130. The first-order valence-electron chi connectivity index (χ1n) is 9.27. The van der Waals surface area contributed by atoms with Gasteiger partial charge in [-0.1, -0.05) is 47.1 Å². The van der Waals surface area contributed by atoms with Crippen LogP contribution in [-0.2, 0) is 0 Å². The van der Waals surface area contributed by atoms with Crippen LogP contribution in [0.1, 0.15) is 34.1 Å². The lowest BCUT2D eigenvalue weighted by molar-refractivity contribution is 0.101. The first kappa shape index (κ1) is 20.6. The average molecular weight is 453 g/mol. The molecule has 3 aromatic carbocycles. The molecule has 0 radical (unpaired) electrons. The molecular weight excluding hydrogens is 432 g/mol. The Bertz CT molecular complexity index is 1010. The summed E-state index contributed by atoms with van der Waals surface area (Å²) in [6.07, 6.45) is 0.843. The molecule has 0 fully saturated rings. The number of hydrogen-bond acceptors (Lipinski definition) is 3. The molecule has 0 bridgehead atoms. The molecule has 3 aromatic rings. The van der Waals surface area contributed by atoms with Crippen molar-refractivity contribution in [2.75, 3.05) is 17.2 Å². The Morgan fingerprint density at radius 2 is 1.59 bits per heavy atom. The van der Waals surface area contributed by atoms with Crippen molar-refractivity contribution >= 4 is 39.1 Å². The number of ether oxygens (including phenoxy) is 1. The van der Waals surface area contributed by atoms with Crippen molar-refractivity contribution in [1.82, 2.24) is 0 Å². The molecule has 0 aliphatic rings. The van der Waals surface area contributed by atoms with Gasteiger partial charge >= 0.3 is 0 Å². The molecule has 148 valence electrons. The summed E-state index contributed by atoms with van der Waals surface area (Å²) >= 11 is 3.39. The van der Waals surface area contributed by atoms with Crippen molar-refractivity contribution < 1.29 is 14.3 Å². The van der Waals surface area contributed by atoms with E-state index in [0.717, 1.165) is 10.9 Å². The summed E-state index contributed by atoms with van der Waals surface area (Å²) in [5.74, 6) is -0.0368. The number of carbonyl (C=O) groups excluding carboxylic acids is 2. The average Bonchev–Trinajstić information content (AvgIpc) is 2.73. The number of hydrogen-bond donors (Lipinski definition) is 2. The van der Waals surface area contributed by atoms with E-state index < -0.39 is 0 Å². The molecule has 0 aromatic heterocycles. The van der Waals surface area contributed by atoms with Crippen LogP contribution in [0.5, 0.6) is 5.75 Å². The third kappa shape index (κ3) is 5.68. The fourth-order valence-electron chi connectivity index (χ4n) is 2.68. The van der Waals surface area contributed by atoms with Crippen LogP contribution < -0.4 is 15.4 Å². The van der Waals surface area contributed by atoms with Gasteiger partial charge in [-0.15, -0.1) is 0 Å². The zero-order valence-electron chi connectivity index (χ0n) is 15.9. The summed E-state index contributed by atoms with van der Waals surface area (Å²) < 4.78 is 6.46. The van der Waals surface area contributed by atoms with Crippen molar-refractivity contribution in [2.45, 2.75) is 13.3 Å². The van der Waals surface area contributed by atoms with Gasteiger partial charge in [0.2, 0.25) is 0 Å². The second-order valence-corrected chi connectivity index (χ2v) is 7.26. The lowest BCUT2D eigenvalue weighted by Gasteiger charge is -2.12. The Morgan fingerprint density at radius 3 is 2.34 bits per heavy atom. The molecule has 0 aliphatic heterocycles. The number of halogens is 1. The number of anilines is 2. The second-order valence-electron chi connectivity index (χ2n) is 6.34. The number of para-hydroxylation sites is 1. The van der Waals surface area contributed by atoms with Crippen molar-refractivity contribution in [3.05, 3.63) is 88.4 Å². The van der Waals surface area contributed by atoms with Crippen molar-refractivity contribution in [1.29, 1.82) is 0 Å². The topological polar surface area (TPSA) is 67.4 Å². The molecule has 6 heteroatoms. The molecule has 3 rings (SSSR count). The lowest BCUT2D eigenvalue weighted by Crippen LogP contribution is -2.15. The molecule has 0 unspecified atom stereocenters. The highest BCUT2D eigenvalue weighted by Crippen LogP contribution is 2.25. The molecular formula is C23H21BrN2O3. The van der Waals surface area contributed by atoms with Gasteiger partial charge in [0, 0.05) is 21.4 Å². The van der Waals surface area contributed by atoms with E-state index in [9.17, 15) is 9.59 Å². The molecule has 0 aliphatic carbocycles. The standard InChI is InChI=1S/C23H21BrN2O3/c1-2-13-29-21-12-11-17(24)15-20(21)23(28)26-19-10-6-7-16(14-19)22(27)25-18-8-4-3-5-9-18/h3-12,14-15H,2,13H2,1H3,(H,25,27)(H,26,28). The normalized spacial score (nSPS) is 10.3. The Morgan fingerprint density at radius 1 is 0.862 bits per heavy atom. The molecule has 0 heterocycles. The minimum Gasteiger partial charge on any atom is -0.493 e. The minimum atomic E-state index is -0.307. The molecule has 29 heavy (non-hydrogen) atoms. The SMILES string of the molecule is CCCOc1ccc(Br)cc1C(=O)Nc1cccc(C(=O)Nc2ccccc2)c1. The number of benzene rings is 3. The minimum absolute atomic E-state index is 0.248. The van der Waals surface area contributed by atoms with E-state index in [-0.39, 0.29) is 11.8 Å². The summed E-state index contributed by atoms with van der Waals surface area (Å²) in [4.78, 5) is 25.3. The summed E-state index contributed by atoms with van der Waals surface area (Å²) in [7, 11) is 0. The van der Waals surface area contributed by atoms with Gasteiger partial charge in [-0.25, -0.2) is 0 Å². The molecule has 2 N–H and O–H groups in total. The summed E-state index contributed by atoms with van der Waals surface area (Å²) in [5, 5.41) is 5.67. The first-order chi connectivity index (χ1) is 14.1. The summed E-state index contributed by atoms with van der Waals surface area (Å²) in [5.41, 5.74) is 2.10. The van der Waals surface area contributed by atoms with E-state index in [1.165, 1.54) is 0 Å². The van der Waals surface area contributed by atoms with Gasteiger partial charge in [0.1, 0.15) is 5.75 Å². The predicted octanol–water partition coefficient (Wildman–Crippen LogP) is 5.74. The zero-order valence-corrected chi connectivity index (χ0v) is 17.5. The van der Waals surface area contributed by atoms with E-state index in [0.29, 0.717) is 34.9 Å². The highest BCUT2D eigenvalue weighted by atomic mass is 79.9. The molecule has 0 atom stereocenters. The maximum atomic E-state index is 12.8. The monoisotopic (exact) mass is 452 g/mol. The van der Waals surface area contributed by atoms with Crippen LogP contribution in [0, 0.1) is 0 Å². The number of rotatable bonds is 7. The van der Waals surface area contributed by atoms with Crippen LogP contribution in [0.2, 0.25) is 0 Å². The van der Waals surface area contributed by atoms with Gasteiger partial charge in [-0.2, -0.15) is 0 Å². The van der Waals surface area contributed by atoms with Crippen molar-refractivity contribution in [3.63, 3.8) is 0 Å². The van der Waals surface area contributed by atoms with Crippen molar-refractivity contribution in [3.8, 4) is 5.75 Å². The van der Waals surface area contributed by atoms with E-state index >= 15 is 0 Å². The Labute approximate surface area is 178 Å².